The largest absolute Gasteiger partial charge is 0.358 e. The molecule has 1 radical (unpaired) electrons. The summed E-state index contributed by atoms with van der Waals surface area (Å²) in [5, 5.41) is 0. The van der Waals surface area contributed by atoms with Gasteiger partial charge in [-0.1, -0.05) is 60.7 Å². The molecule has 0 nitrogen and oxygen atoms in total. The van der Waals surface area contributed by atoms with E-state index in [-0.39, 0.29) is 47.6 Å². The maximum absolute atomic E-state index is 2.24. The predicted molar refractivity (Wildman–Crippen MR) is 130 cm³/mol. The van der Waals surface area contributed by atoms with E-state index in [0.717, 1.165) is 0 Å². The smallest absolute Gasteiger partial charge is 0 e. The van der Waals surface area contributed by atoms with E-state index in [2.05, 4.69) is 116 Å². The van der Waals surface area contributed by atoms with E-state index in [9.17, 15) is 0 Å². The number of aryl methyl sites for hydroxylation is 8. The summed E-state index contributed by atoms with van der Waals surface area (Å²) in [6, 6.07) is 21.2. The van der Waals surface area contributed by atoms with Gasteiger partial charge in [0.05, 0.1) is 0 Å². The van der Waals surface area contributed by atoms with E-state index in [1.807, 2.05) is 0 Å². The zero-order valence-corrected chi connectivity index (χ0v) is 23.2. The van der Waals surface area contributed by atoms with Crippen LogP contribution in [0.15, 0.2) is 60.7 Å². The van der Waals surface area contributed by atoms with Crippen LogP contribution in [0.2, 0.25) is 0 Å². The summed E-state index contributed by atoms with van der Waals surface area (Å²) in [5.41, 5.74) is 11.0. The van der Waals surface area contributed by atoms with E-state index in [0.29, 0.717) is 0 Å². The molecule has 0 fully saturated rings. The molecule has 0 saturated carbocycles. The first-order chi connectivity index (χ1) is 12.2. The van der Waals surface area contributed by atoms with Crippen LogP contribution in [0.5, 0.6) is 0 Å². The van der Waals surface area contributed by atoms with Crippen LogP contribution >= 0.6 is 0 Å². The van der Waals surface area contributed by atoms with Crippen molar-refractivity contribution < 1.29 is 32.7 Å². The summed E-state index contributed by atoms with van der Waals surface area (Å²) >= 11 is 0. The van der Waals surface area contributed by atoms with E-state index in [4.69, 9.17) is 0 Å². The molecule has 29 heavy (non-hydrogen) atoms. The van der Waals surface area contributed by atoms with Gasteiger partial charge in [-0.3, -0.25) is 0 Å². The molecule has 3 aromatic carbocycles. The third-order valence-corrected chi connectivity index (χ3v) is 4.96. The Hall–Kier alpha value is -1.24. The van der Waals surface area contributed by atoms with Crippen molar-refractivity contribution >= 4 is 0 Å². The Morgan fingerprint density at radius 3 is 0.655 bits per heavy atom. The van der Waals surface area contributed by atoms with Gasteiger partial charge in [-0.15, -0.1) is 0 Å². The summed E-state index contributed by atoms with van der Waals surface area (Å²) in [5.74, 6) is 0. The van der Waals surface area contributed by atoms with Crippen LogP contribution in [0.3, 0.4) is 0 Å². The summed E-state index contributed by atoms with van der Waals surface area (Å²) in [7, 11) is 0. The van der Waals surface area contributed by atoms with Gasteiger partial charge in [0.1, 0.15) is 0 Å². The maximum atomic E-state index is 2.24. The third kappa shape index (κ3) is 12.1. The Bertz CT molecular complexity index is 696. The zero-order chi connectivity index (χ0) is 19.7. The molecule has 0 atom stereocenters. The van der Waals surface area contributed by atoms with Gasteiger partial charge >= 0.3 is 0 Å². The fourth-order valence-electron chi connectivity index (χ4n) is 2.43. The summed E-state index contributed by atoms with van der Waals surface area (Å²) < 4.78 is 0. The van der Waals surface area contributed by atoms with Gasteiger partial charge in [0.25, 0.3) is 0 Å². The first-order valence-corrected chi connectivity index (χ1v) is 9.31. The van der Waals surface area contributed by atoms with Gasteiger partial charge in [0.2, 0.25) is 0 Å². The van der Waals surface area contributed by atoms with Gasteiger partial charge in [-0.05, 0) is 99.9 Å². The van der Waals surface area contributed by atoms with E-state index >= 15 is 0 Å². The van der Waals surface area contributed by atoms with Gasteiger partial charge in [0, 0.05) is 32.7 Å². The second kappa shape index (κ2) is 16.5. The number of hydrogen-bond donors (Lipinski definition) is 0. The molecule has 0 aliphatic carbocycles. The molecule has 0 bridgehead atoms. The van der Waals surface area contributed by atoms with Gasteiger partial charge < -0.3 is 14.9 Å². The normalized spacial score (nSPS) is 8.55. The Kier molecular flexibility index (Phi) is 18.5. The van der Waals surface area contributed by atoms with Crippen molar-refractivity contribution in [3.63, 3.8) is 0 Å². The average molecular weight is 466 g/mol. The van der Waals surface area contributed by atoms with Crippen molar-refractivity contribution in [2.24, 2.45) is 0 Å². The van der Waals surface area contributed by atoms with Crippen molar-refractivity contribution in [2.75, 3.05) is 0 Å². The molecule has 0 N–H and O–H groups in total. The fraction of sp³-hybridized carbons (Fsp3) is 0.286. The molecule has 0 aliphatic heterocycles. The van der Waals surface area contributed by atoms with Crippen LogP contribution in [0.1, 0.15) is 44.5 Å². The Labute approximate surface area is 207 Å². The molecule has 3 aromatic rings. The third-order valence-electron chi connectivity index (χ3n) is 4.96. The van der Waals surface area contributed by atoms with Crippen LogP contribution < -0.4 is 0 Å². The first-order valence-electron chi connectivity index (χ1n) is 9.31. The van der Waals surface area contributed by atoms with Crippen LogP contribution in [0.25, 0.3) is 0 Å². The number of benzene rings is 3. The minimum Gasteiger partial charge on any atom is -0.358 e. The van der Waals surface area contributed by atoms with Gasteiger partial charge in [0.15, 0.2) is 0 Å². The molecule has 0 heterocycles. The molecular weight excluding hydrogens is 425 g/mol. The van der Waals surface area contributed by atoms with E-state index in [1.54, 1.807) is 0 Å². The number of hydrogen-bond acceptors (Lipinski definition) is 0. The molecular formula is C28H40Y-2. The van der Waals surface area contributed by atoms with Crippen molar-refractivity contribution in [2.45, 2.75) is 55.4 Å². The molecule has 0 aromatic heterocycles. The molecule has 3 rings (SSSR count). The van der Waals surface area contributed by atoms with Crippen molar-refractivity contribution in [1.29, 1.82) is 0 Å². The maximum Gasteiger partial charge on any atom is 0 e. The average Bonchev–Trinajstić information content (AvgIpc) is 2.60. The molecule has 1 heteroatoms. The number of rotatable bonds is 0. The quantitative estimate of drug-likeness (QED) is 0.292. The summed E-state index contributed by atoms with van der Waals surface area (Å²) in [6.45, 7) is 17.1. The van der Waals surface area contributed by atoms with E-state index in [1.165, 1.54) is 44.5 Å². The zero-order valence-electron chi connectivity index (χ0n) is 20.4. The Morgan fingerprint density at radius 2 is 0.517 bits per heavy atom. The predicted octanol–water partition coefficient (Wildman–Crippen LogP) is 8.43. The van der Waals surface area contributed by atoms with Crippen LogP contribution in [0, 0.1) is 70.2 Å². The molecule has 0 unspecified atom stereocenters. The molecule has 0 aliphatic rings. The summed E-state index contributed by atoms with van der Waals surface area (Å²) in [6.07, 6.45) is 0. The Morgan fingerprint density at radius 1 is 0.345 bits per heavy atom. The fourth-order valence-corrected chi connectivity index (χ4v) is 2.43. The van der Waals surface area contributed by atoms with Crippen molar-refractivity contribution in [1.82, 2.24) is 0 Å². The molecule has 0 spiro atoms. The second-order valence-corrected chi connectivity index (χ2v) is 7.19. The minimum absolute atomic E-state index is 0. The SMILES string of the molecule is Cc1cc(C)c(C)cc1C.Cc1ccccc1C.Cc1ccccc1C.[CH3-].[CH3-].[Y]. The van der Waals surface area contributed by atoms with Crippen LogP contribution in [-0.4, -0.2) is 0 Å². The summed E-state index contributed by atoms with van der Waals surface area (Å²) in [4.78, 5) is 0. The topological polar surface area (TPSA) is 0 Å². The minimum atomic E-state index is 0. The Balaban J connectivity index is -0.000000335. The first kappa shape index (κ1) is 32.4. The van der Waals surface area contributed by atoms with Crippen molar-refractivity contribution in [3.8, 4) is 0 Å². The molecule has 0 amide bonds. The van der Waals surface area contributed by atoms with Crippen molar-refractivity contribution in [3.05, 3.63) is 120 Å². The van der Waals surface area contributed by atoms with Gasteiger partial charge in [-0.25, -0.2) is 0 Å². The molecule has 0 saturated heterocycles. The monoisotopic (exact) mass is 465 g/mol. The van der Waals surface area contributed by atoms with Crippen LogP contribution in [0.4, 0.5) is 0 Å². The van der Waals surface area contributed by atoms with Crippen LogP contribution in [-0.2, 0) is 32.7 Å². The second-order valence-electron chi connectivity index (χ2n) is 7.19. The van der Waals surface area contributed by atoms with Gasteiger partial charge in [-0.2, -0.15) is 0 Å². The molecule has 157 valence electrons. The standard InChI is InChI=1S/C10H14.2C8H10.2CH3.Y/c1-7-5-9(3)10(4)6-8(7)2;2*1-7-5-3-4-6-8(7)2;;;/h5-6H,1-4H3;2*3-6H,1-2H3;2*1H3;/q;;;2*-1;. The van der Waals surface area contributed by atoms with E-state index < -0.39 is 0 Å².